The van der Waals surface area contributed by atoms with Gasteiger partial charge in [-0.3, -0.25) is 4.79 Å². The lowest BCUT2D eigenvalue weighted by molar-refractivity contribution is -0.121. The van der Waals surface area contributed by atoms with Gasteiger partial charge in [-0.2, -0.15) is 0 Å². The zero-order valence-corrected chi connectivity index (χ0v) is 16.9. The van der Waals surface area contributed by atoms with E-state index >= 15 is 0 Å². The first kappa shape index (κ1) is 19.5. The maximum absolute atomic E-state index is 12.7. The number of fused-ring (bicyclic) bond motifs is 1. The highest BCUT2D eigenvalue weighted by Gasteiger charge is 2.24. The van der Waals surface area contributed by atoms with E-state index < -0.39 is 0 Å². The number of H-pyrrole nitrogens is 1. The molecule has 142 valence electrons. The normalized spacial score (nSPS) is 13.5. The fourth-order valence-electron chi connectivity index (χ4n) is 3.59. The highest BCUT2D eigenvalue weighted by atomic mass is 35.5. The van der Waals surface area contributed by atoms with Crippen molar-refractivity contribution in [1.29, 1.82) is 0 Å². The number of para-hydroxylation sites is 1. The van der Waals surface area contributed by atoms with E-state index in [0.29, 0.717) is 11.4 Å². The van der Waals surface area contributed by atoms with E-state index in [9.17, 15) is 4.79 Å². The molecule has 3 aromatic rings. The predicted molar refractivity (Wildman–Crippen MR) is 113 cm³/mol. The Balaban J connectivity index is 2.05. The lowest BCUT2D eigenvalue weighted by Crippen LogP contribution is -2.33. The first-order chi connectivity index (χ1) is 13.0. The van der Waals surface area contributed by atoms with E-state index in [-0.39, 0.29) is 17.9 Å². The molecule has 0 saturated carbocycles. The number of carbonyl (C=O) groups excluding carboxylic acids is 1. The summed E-state index contributed by atoms with van der Waals surface area (Å²) < 4.78 is 0. The smallest absolute Gasteiger partial charge is 0.221 e. The summed E-state index contributed by atoms with van der Waals surface area (Å²) in [6.07, 6.45) is 4.28. The van der Waals surface area contributed by atoms with Crippen molar-refractivity contribution in [3.05, 3.63) is 70.4 Å². The highest BCUT2D eigenvalue weighted by Crippen LogP contribution is 2.37. The largest absolute Gasteiger partial charge is 0.361 e. The van der Waals surface area contributed by atoms with Gasteiger partial charge in [0, 0.05) is 40.5 Å². The summed E-state index contributed by atoms with van der Waals surface area (Å²) in [6, 6.07) is 14.3. The van der Waals surface area contributed by atoms with E-state index in [1.165, 1.54) is 5.56 Å². The van der Waals surface area contributed by atoms with Gasteiger partial charge in [0.2, 0.25) is 5.91 Å². The van der Waals surface area contributed by atoms with Crippen LogP contribution in [0.3, 0.4) is 0 Å². The summed E-state index contributed by atoms with van der Waals surface area (Å²) >= 11 is 6.52. The Hall–Kier alpha value is -2.26. The van der Waals surface area contributed by atoms with Gasteiger partial charge in [-0.15, -0.1) is 0 Å². The maximum Gasteiger partial charge on any atom is 0.221 e. The Bertz CT molecular complexity index is 931. The molecule has 0 unspecified atom stereocenters. The van der Waals surface area contributed by atoms with Gasteiger partial charge in [0.25, 0.3) is 0 Å². The fourth-order valence-corrected chi connectivity index (χ4v) is 3.86. The molecule has 0 aliphatic rings. The molecule has 27 heavy (non-hydrogen) atoms. The number of halogens is 1. The van der Waals surface area contributed by atoms with Crippen molar-refractivity contribution in [3.8, 4) is 0 Å². The van der Waals surface area contributed by atoms with Crippen LogP contribution in [0, 0.1) is 0 Å². The third kappa shape index (κ3) is 4.19. The molecule has 1 aromatic heterocycles. The number of hydrogen-bond donors (Lipinski definition) is 2. The van der Waals surface area contributed by atoms with Crippen molar-refractivity contribution in [2.45, 2.75) is 52.0 Å². The van der Waals surface area contributed by atoms with Gasteiger partial charge in [-0.1, -0.05) is 61.8 Å². The second-order valence-electron chi connectivity index (χ2n) is 7.09. The highest BCUT2D eigenvalue weighted by molar-refractivity contribution is 6.31. The number of aryl methyl sites for hydroxylation is 1. The minimum atomic E-state index is -0.0939. The summed E-state index contributed by atoms with van der Waals surface area (Å²) in [7, 11) is 0. The van der Waals surface area contributed by atoms with Crippen LogP contribution in [0.1, 0.15) is 56.2 Å². The van der Waals surface area contributed by atoms with Crippen molar-refractivity contribution < 1.29 is 4.79 Å². The second-order valence-corrected chi connectivity index (χ2v) is 7.50. The van der Waals surface area contributed by atoms with E-state index in [0.717, 1.165) is 34.9 Å². The molecule has 0 radical (unpaired) electrons. The molecule has 2 aromatic carbocycles. The molecule has 3 rings (SSSR count). The van der Waals surface area contributed by atoms with Gasteiger partial charge in [0.1, 0.15) is 0 Å². The molecular weight excluding hydrogens is 356 g/mol. The first-order valence-corrected chi connectivity index (χ1v) is 10.1. The van der Waals surface area contributed by atoms with Crippen LogP contribution < -0.4 is 5.32 Å². The van der Waals surface area contributed by atoms with E-state index in [1.807, 2.05) is 37.4 Å². The molecule has 0 fully saturated rings. The third-order valence-electron chi connectivity index (χ3n) is 5.28. The summed E-state index contributed by atoms with van der Waals surface area (Å²) in [4.78, 5) is 16.1. The summed E-state index contributed by atoms with van der Waals surface area (Å²) in [5.74, 6) is -0.0427. The molecule has 3 nitrogen and oxygen atoms in total. The van der Waals surface area contributed by atoms with Crippen molar-refractivity contribution >= 4 is 28.4 Å². The quantitative estimate of drug-likeness (QED) is 0.531. The standard InChI is InChI=1S/C23H27ClN2O/c1-4-15(3)26-22(27)13-19(17-10-6-7-12-21(17)24)20-14-25-23-16(5-2)9-8-11-18(20)23/h6-12,14-15,19,25H,4-5,13H2,1-3H3,(H,26,27)/t15-,19+/m0/s1. The van der Waals surface area contributed by atoms with Crippen LogP contribution in [0.5, 0.6) is 0 Å². The van der Waals surface area contributed by atoms with Crippen molar-refractivity contribution in [1.82, 2.24) is 10.3 Å². The zero-order chi connectivity index (χ0) is 19.4. The van der Waals surface area contributed by atoms with Gasteiger partial charge >= 0.3 is 0 Å². The minimum Gasteiger partial charge on any atom is -0.361 e. The summed E-state index contributed by atoms with van der Waals surface area (Å²) in [5.41, 5.74) is 4.53. The Kier molecular flexibility index (Phi) is 6.22. The average molecular weight is 383 g/mol. The molecule has 0 bridgehead atoms. The van der Waals surface area contributed by atoms with Gasteiger partial charge < -0.3 is 10.3 Å². The zero-order valence-electron chi connectivity index (χ0n) is 16.2. The fraction of sp³-hybridized carbons (Fsp3) is 0.348. The second kappa shape index (κ2) is 8.62. The molecule has 4 heteroatoms. The van der Waals surface area contributed by atoms with Gasteiger partial charge in [0.15, 0.2) is 0 Å². The molecule has 0 spiro atoms. The maximum atomic E-state index is 12.7. The van der Waals surface area contributed by atoms with Crippen LogP contribution >= 0.6 is 11.6 Å². The van der Waals surface area contributed by atoms with Crippen LogP contribution in [0.2, 0.25) is 5.02 Å². The number of rotatable bonds is 7. The topological polar surface area (TPSA) is 44.9 Å². The number of benzene rings is 2. The van der Waals surface area contributed by atoms with E-state index in [4.69, 9.17) is 11.6 Å². The monoisotopic (exact) mass is 382 g/mol. The molecule has 0 saturated heterocycles. The molecule has 0 aliphatic carbocycles. The van der Waals surface area contributed by atoms with Gasteiger partial charge in [-0.05, 0) is 42.5 Å². The first-order valence-electron chi connectivity index (χ1n) is 9.67. The number of amides is 1. The van der Waals surface area contributed by atoms with Crippen LogP contribution in [-0.2, 0) is 11.2 Å². The SMILES string of the molecule is CCc1cccc2c([C@H](CC(=O)N[C@@H](C)CC)c3ccccc3Cl)c[nH]c12. The Morgan fingerprint density at radius 1 is 1.11 bits per heavy atom. The number of aromatic nitrogens is 1. The van der Waals surface area contributed by atoms with E-state index in [2.05, 4.69) is 42.3 Å². The molecule has 2 atom stereocenters. The number of nitrogens with one attached hydrogen (secondary N) is 2. The average Bonchev–Trinajstić information content (AvgIpc) is 3.10. The Morgan fingerprint density at radius 2 is 1.89 bits per heavy atom. The van der Waals surface area contributed by atoms with Gasteiger partial charge in [-0.25, -0.2) is 0 Å². The van der Waals surface area contributed by atoms with Crippen LogP contribution in [0.25, 0.3) is 10.9 Å². The van der Waals surface area contributed by atoms with Crippen molar-refractivity contribution in [2.24, 2.45) is 0 Å². The Morgan fingerprint density at radius 3 is 2.59 bits per heavy atom. The van der Waals surface area contributed by atoms with Crippen LogP contribution in [-0.4, -0.2) is 16.9 Å². The van der Waals surface area contributed by atoms with Crippen LogP contribution in [0.15, 0.2) is 48.7 Å². The molecule has 1 heterocycles. The molecule has 1 amide bonds. The minimum absolute atomic E-state index is 0.0512. The number of carbonyl (C=O) groups is 1. The lowest BCUT2D eigenvalue weighted by atomic mass is 9.87. The van der Waals surface area contributed by atoms with Gasteiger partial charge in [0.05, 0.1) is 0 Å². The summed E-state index contributed by atoms with van der Waals surface area (Å²) in [5, 5.41) is 4.95. The predicted octanol–water partition coefficient (Wildman–Crippen LogP) is 5.82. The number of hydrogen-bond acceptors (Lipinski definition) is 1. The van der Waals surface area contributed by atoms with Crippen LogP contribution in [0.4, 0.5) is 0 Å². The summed E-state index contributed by atoms with van der Waals surface area (Å²) in [6.45, 7) is 6.25. The lowest BCUT2D eigenvalue weighted by Gasteiger charge is -2.20. The third-order valence-corrected chi connectivity index (χ3v) is 5.62. The Labute approximate surface area is 166 Å². The molecular formula is C23H27ClN2O. The van der Waals surface area contributed by atoms with E-state index in [1.54, 1.807) is 0 Å². The number of aromatic amines is 1. The molecule has 0 aliphatic heterocycles. The van der Waals surface area contributed by atoms with Crippen molar-refractivity contribution in [3.63, 3.8) is 0 Å². The van der Waals surface area contributed by atoms with Crippen molar-refractivity contribution in [2.75, 3.05) is 0 Å². The molecule has 2 N–H and O–H groups in total.